The van der Waals surface area contributed by atoms with Crippen LogP contribution in [-0.4, -0.2) is 13.1 Å². The average molecular weight is 257 g/mol. The Balaban J connectivity index is 2.10. The second-order valence-corrected chi connectivity index (χ2v) is 3.99. The van der Waals surface area contributed by atoms with Gasteiger partial charge in [-0.25, -0.2) is 4.79 Å². The number of methoxy groups -OCH3 is 1. The van der Waals surface area contributed by atoms with Crippen molar-refractivity contribution in [3.8, 4) is 5.75 Å². The SMILES string of the molecule is COc1c(N)cccc1C(=O)OCc1ccccc1. The molecule has 2 rings (SSSR count). The Bertz CT molecular complexity index is 567. The zero-order chi connectivity index (χ0) is 13.7. The molecule has 0 fully saturated rings. The number of hydrogen-bond donors (Lipinski definition) is 1. The van der Waals surface area contributed by atoms with E-state index in [4.69, 9.17) is 15.2 Å². The van der Waals surface area contributed by atoms with Crippen molar-refractivity contribution in [3.63, 3.8) is 0 Å². The van der Waals surface area contributed by atoms with Gasteiger partial charge in [0.1, 0.15) is 12.2 Å². The molecule has 2 aromatic rings. The van der Waals surface area contributed by atoms with Crippen molar-refractivity contribution in [2.24, 2.45) is 0 Å². The maximum atomic E-state index is 12.0. The molecular weight excluding hydrogens is 242 g/mol. The molecule has 0 saturated heterocycles. The summed E-state index contributed by atoms with van der Waals surface area (Å²) in [4.78, 5) is 12.0. The number of carbonyl (C=O) groups is 1. The van der Waals surface area contributed by atoms with Gasteiger partial charge in [-0.2, -0.15) is 0 Å². The molecule has 0 bridgehead atoms. The minimum atomic E-state index is -0.451. The maximum absolute atomic E-state index is 12.0. The summed E-state index contributed by atoms with van der Waals surface area (Å²) in [6.07, 6.45) is 0. The Morgan fingerprint density at radius 1 is 1.11 bits per heavy atom. The molecule has 0 aliphatic rings. The van der Waals surface area contributed by atoms with Gasteiger partial charge in [-0.3, -0.25) is 0 Å². The normalized spacial score (nSPS) is 9.95. The van der Waals surface area contributed by atoms with Crippen LogP contribution in [0.15, 0.2) is 48.5 Å². The fourth-order valence-electron chi connectivity index (χ4n) is 1.74. The topological polar surface area (TPSA) is 61.5 Å². The van der Waals surface area contributed by atoms with Gasteiger partial charge in [0.15, 0.2) is 5.75 Å². The van der Waals surface area contributed by atoms with Gasteiger partial charge in [-0.15, -0.1) is 0 Å². The van der Waals surface area contributed by atoms with Crippen LogP contribution in [-0.2, 0) is 11.3 Å². The maximum Gasteiger partial charge on any atom is 0.342 e. The van der Waals surface area contributed by atoms with Crippen molar-refractivity contribution < 1.29 is 14.3 Å². The average Bonchev–Trinajstić information content (AvgIpc) is 2.45. The van der Waals surface area contributed by atoms with E-state index in [-0.39, 0.29) is 6.61 Å². The van der Waals surface area contributed by atoms with Crippen LogP contribution in [0.5, 0.6) is 5.75 Å². The fraction of sp³-hybridized carbons (Fsp3) is 0.133. The molecule has 19 heavy (non-hydrogen) atoms. The molecule has 0 saturated carbocycles. The molecule has 4 heteroatoms. The number of hydrogen-bond acceptors (Lipinski definition) is 4. The summed E-state index contributed by atoms with van der Waals surface area (Å²) in [6.45, 7) is 0.220. The number of nitrogen functional groups attached to an aromatic ring is 1. The van der Waals surface area contributed by atoms with E-state index in [1.807, 2.05) is 30.3 Å². The standard InChI is InChI=1S/C15H15NO3/c1-18-14-12(8-5-9-13(14)16)15(17)19-10-11-6-3-2-4-7-11/h2-9H,10,16H2,1H3. The molecule has 2 aromatic carbocycles. The zero-order valence-electron chi connectivity index (χ0n) is 10.6. The van der Waals surface area contributed by atoms with Crippen molar-refractivity contribution in [2.45, 2.75) is 6.61 Å². The molecule has 0 aliphatic heterocycles. The summed E-state index contributed by atoms with van der Waals surface area (Å²) < 4.78 is 10.4. The lowest BCUT2D eigenvalue weighted by atomic mass is 10.1. The van der Waals surface area contributed by atoms with Gasteiger partial charge >= 0.3 is 5.97 Å². The fourth-order valence-corrected chi connectivity index (χ4v) is 1.74. The number of ether oxygens (including phenoxy) is 2. The third-order valence-corrected chi connectivity index (χ3v) is 2.68. The third-order valence-electron chi connectivity index (χ3n) is 2.68. The van der Waals surface area contributed by atoms with E-state index >= 15 is 0 Å². The van der Waals surface area contributed by atoms with Crippen molar-refractivity contribution in [2.75, 3.05) is 12.8 Å². The summed E-state index contributed by atoms with van der Waals surface area (Å²) in [5.74, 6) is -0.103. The van der Waals surface area contributed by atoms with Gasteiger partial charge in [0, 0.05) is 0 Å². The molecule has 0 aliphatic carbocycles. The van der Waals surface area contributed by atoms with Crippen molar-refractivity contribution >= 4 is 11.7 Å². The molecule has 0 spiro atoms. The highest BCUT2D eigenvalue weighted by Crippen LogP contribution is 2.26. The quantitative estimate of drug-likeness (QED) is 0.675. The van der Waals surface area contributed by atoms with Crippen LogP contribution < -0.4 is 10.5 Å². The highest BCUT2D eigenvalue weighted by molar-refractivity contribution is 5.94. The predicted octanol–water partition coefficient (Wildman–Crippen LogP) is 2.63. The molecule has 0 amide bonds. The van der Waals surface area contributed by atoms with E-state index in [9.17, 15) is 4.79 Å². The second-order valence-electron chi connectivity index (χ2n) is 3.99. The molecular formula is C15H15NO3. The van der Waals surface area contributed by atoms with Crippen LogP contribution in [0.2, 0.25) is 0 Å². The lowest BCUT2D eigenvalue weighted by molar-refractivity contribution is 0.0469. The summed E-state index contributed by atoms with van der Waals surface area (Å²) >= 11 is 0. The first kappa shape index (κ1) is 13.0. The van der Waals surface area contributed by atoms with E-state index in [1.165, 1.54) is 7.11 Å². The Morgan fingerprint density at radius 2 is 1.84 bits per heavy atom. The number of benzene rings is 2. The van der Waals surface area contributed by atoms with Gasteiger partial charge in [-0.1, -0.05) is 36.4 Å². The molecule has 4 nitrogen and oxygen atoms in total. The second kappa shape index (κ2) is 5.91. The molecule has 98 valence electrons. The number of anilines is 1. The first-order chi connectivity index (χ1) is 9.22. The zero-order valence-corrected chi connectivity index (χ0v) is 10.6. The van der Waals surface area contributed by atoms with Gasteiger partial charge in [0.2, 0.25) is 0 Å². The van der Waals surface area contributed by atoms with Crippen molar-refractivity contribution in [1.29, 1.82) is 0 Å². The van der Waals surface area contributed by atoms with E-state index in [0.29, 0.717) is 17.0 Å². The first-order valence-electron chi connectivity index (χ1n) is 5.86. The Labute approximate surface area is 111 Å². The van der Waals surface area contributed by atoms with Crippen molar-refractivity contribution in [3.05, 3.63) is 59.7 Å². The van der Waals surface area contributed by atoms with Gasteiger partial charge in [-0.05, 0) is 17.7 Å². The van der Waals surface area contributed by atoms with Crippen LogP contribution in [0, 0.1) is 0 Å². The Kier molecular flexibility index (Phi) is 4.03. The summed E-state index contributed by atoms with van der Waals surface area (Å²) in [5, 5.41) is 0. The number of para-hydroxylation sites is 1. The van der Waals surface area contributed by atoms with Gasteiger partial charge < -0.3 is 15.2 Å². The van der Waals surface area contributed by atoms with Crippen molar-refractivity contribution in [1.82, 2.24) is 0 Å². The molecule has 0 heterocycles. The highest BCUT2D eigenvalue weighted by Gasteiger charge is 2.15. The summed E-state index contributed by atoms with van der Waals surface area (Å²) in [6, 6.07) is 14.5. The Hall–Kier alpha value is -2.49. The van der Waals surface area contributed by atoms with Gasteiger partial charge in [0.05, 0.1) is 12.8 Å². The number of carbonyl (C=O) groups excluding carboxylic acids is 1. The van der Waals surface area contributed by atoms with E-state index in [0.717, 1.165) is 5.56 Å². The first-order valence-corrected chi connectivity index (χ1v) is 5.86. The van der Waals surface area contributed by atoms with Gasteiger partial charge in [0.25, 0.3) is 0 Å². The largest absolute Gasteiger partial charge is 0.494 e. The van der Waals surface area contributed by atoms with E-state index < -0.39 is 5.97 Å². The van der Waals surface area contributed by atoms with E-state index in [1.54, 1.807) is 18.2 Å². The predicted molar refractivity (Wildman–Crippen MR) is 73.0 cm³/mol. The lowest BCUT2D eigenvalue weighted by Crippen LogP contribution is -2.08. The van der Waals surface area contributed by atoms with Crippen LogP contribution in [0.3, 0.4) is 0 Å². The minimum Gasteiger partial charge on any atom is -0.494 e. The number of rotatable bonds is 4. The van der Waals surface area contributed by atoms with Crippen LogP contribution in [0.4, 0.5) is 5.69 Å². The third kappa shape index (κ3) is 3.04. The summed E-state index contributed by atoms with van der Waals surface area (Å²) in [7, 11) is 1.47. The smallest absolute Gasteiger partial charge is 0.342 e. The molecule has 0 aromatic heterocycles. The molecule has 0 atom stereocenters. The monoisotopic (exact) mass is 257 g/mol. The summed E-state index contributed by atoms with van der Waals surface area (Å²) in [5.41, 5.74) is 7.42. The van der Waals surface area contributed by atoms with E-state index in [2.05, 4.69) is 0 Å². The van der Waals surface area contributed by atoms with Crippen LogP contribution >= 0.6 is 0 Å². The molecule has 0 radical (unpaired) electrons. The van der Waals surface area contributed by atoms with Crippen LogP contribution in [0.25, 0.3) is 0 Å². The molecule has 2 N–H and O–H groups in total. The Morgan fingerprint density at radius 3 is 2.53 bits per heavy atom. The number of nitrogens with two attached hydrogens (primary N) is 1. The lowest BCUT2D eigenvalue weighted by Gasteiger charge is -2.10. The highest BCUT2D eigenvalue weighted by atomic mass is 16.5. The minimum absolute atomic E-state index is 0.220. The number of esters is 1. The van der Waals surface area contributed by atoms with Crippen LogP contribution in [0.1, 0.15) is 15.9 Å². The molecule has 0 unspecified atom stereocenters.